The lowest BCUT2D eigenvalue weighted by Crippen LogP contribution is -2.35. The molecule has 0 heterocycles. The highest BCUT2D eigenvalue weighted by atomic mass is 35.5. The maximum Gasteiger partial charge on any atom is 0.269 e. The van der Waals surface area contributed by atoms with Crippen LogP contribution in [0.25, 0.3) is 0 Å². The van der Waals surface area contributed by atoms with Gasteiger partial charge in [-0.2, -0.15) is 0 Å². The van der Waals surface area contributed by atoms with Gasteiger partial charge in [0.05, 0.1) is 4.92 Å². The third-order valence-corrected chi connectivity index (χ3v) is 2.89. The van der Waals surface area contributed by atoms with Crippen molar-refractivity contribution in [1.82, 2.24) is 10.2 Å². The fourth-order valence-electron chi connectivity index (χ4n) is 1.71. The Kier molecular flexibility index (Phi) is 5.53. The molecule has 1 rings (SSSR count). The van der Waals surface area contributed by atoms with Crippen LogP contribution in [0.1, 0.15) is 12.5 Å². The summed E-state index contributed by atoms with van der Waals surface area (Å²) in [4.78, 5) is 12.3. The minimum Gasteiger partial charge on any atom is -0.309 e. The van der Waals surface area contributed by atoms with Gasteiger partial charge < -0.3 is 10.2 Å². The van der Waals surface area contributed by atoms with Crippen molar-refractivity contribution in [3.05, 3.63) is 38.9 Å². The average molecular weight is 272 g/mol. The third-order valence-electron chi connectivity index (χ3n) is 2.52. The Labute approximate surface area is 112 Å². The summed E-state index contributed by atoms with van der Waals surface area (Å²) in [6.07, 6.45) is 0. The Balaban J connectivity index is 2.66. The Hall–Kier alpha value is -1.17. The van der Waals surface area contributed by atoms with Crippen LogP contribution in [0.15, 0.2) is 18.2 Å². The monoisotopic (exact) mass is 271 g/mol. The summed E-state index contributed by atoms with van der Waals surface area (Å²) < 4.78 is 0. The van der Waals surface area contributed by atoms with Crippen molar-refractivity contribution >= 4 is 17.3 Å². The first kappa shape index (κ1) is 14.9. The number of hydrogen-bond donors (Lipinski definition) is 1. The summed E-state index contributed by atoms with van der Waals surface area (Å²) in [7, 11) is 4.00. The lowest BCUT2D eigenvalue weighted by Gasteiger charge is -2.18. The maximum absolute atomic E-state index is 10.7. The molecule has 100 valence electrons. The van der Waals surface area contributed by atoms with Crippen molar-refractivity contribution in [1.29, 1.82) is 0 Å². The minimum absolute atomic E-state index is 0.0662. The van der Waals surface area contributed by atoms with Crippen LogP contribution in [0.4, 0.5) is 5.69 Å². The molecule has 0 fully saturated rings. The van der Waals surface area contributed by atoms with Gasteiger partial charge in [-0.1, -0.05) is 11.6 Å². The molecule has 0 aliphatic carbocycles. The zero-order valence-electron chi connectivity index (χ0n) is 10.8. The first-order valence-electron chi connectivity index (χ1n) is 5.71. The van der Waals surface area contributed by atoms with Crippen LogP contribution in [-0.4, -0.2) is 36.5 Å². The molecule has 0 radical (unpaired) electrons. The second-order valence-electron chi connectivity index (χ2n) is 4.58. The Morgan fingerprint density at radius 3 is 2.72 bits per heavy atom. The molecule has 1 aromatic carbocycles. The zero-order valence-corrected chi connectivity index (χ0v) is 11.6. The molecule has 1 unspecified atom stereocenters. The van der Waals surface area contributed by atoms with Crippen molar-refractivity contribution in [2.24, 2.45) is 0 Å². The van der Waals surface area contributed by atoms with Gasteiger partial charge in [0.15, 0.2) is 0 Å². The van der Waals surface area contributed by atoms with Crippen LogP contribution < -0.4 is 5.32 Å². The van der Waals surface area contributed by atoms with E-state index in [0.29, 0.717) is 11.6 Å². The van der Waals surface area contributed by atoms with E-state index in [1.807, 2.05) is 14.1 Å². The van der Waals surface area contributed by atoms with Crippen molar-refractivity contribution in [3.63, 3.8) is 0 Å². The largest absolute Gasteiger partial charge is 0.309 e. The number of non-ortho nitro benzene ring substituents is 1. The van der Waals surface area contributed by atoms with Crippen LogP contribution in [-0.2, 0) is 6.54 Å². The number of halogens is 1. The molecular formula is C12H18ClN3O2. The molecule has 18 heavy (non-hydrogen) atoms. The highest BCUT2D eigenvalue weighted by Gasteiger charge is 2.10. The minimum atomic E-state index is -0.414. The molecule has 0 spiro atoms. The predicted octanol–water partition coefficient (Wildman–Crippen LogP) is 2.29. The van der Waals surface area contributed by atoms with E-state index in [0.717, 1.165) is 12.1 Å². The number of nitro groups is 1. The zero-order chi connectivity index (χ0) is 13.7. The van der Waals surface area contributed by atoms with E-state index in [1.54, 1.807) is 6.07 Å². The summed E-state index contributed by atoms with van der Waals surface area (Å²) in [5.41, 5.74) is 0.813. The van der Waals surface area contributed by atoms with Crippen molar-refractivity contribution < 1.29 is 4.92 Å². The molecule has 6 heteroatoms. The molecule has 0 saturated heterocycles. The molecule has 0 amide bonds. The number of nitro benzene ring substituents is 1. The first-order chi connectivity index (χ1) is 8.40. The molecule has 0 bridgehead atoms. The molecular weight excluding hydrogens is 254 g/mol. The average Bonchev–Trinajstić information content (AvgIpc) is 2.26. The summed E-state index contributed by atoms with van der Waals surface area (Å²) in [6, 6.07) is 4.77. The van der Waals surface area contributed by atoms with Gasteiger partial charge in [-0.15, -0.1) is 0 Å². The van der Waals surface area contributed by atoms with Gasteiger partial charge in [-0.3, -0.25) is 10.1 Å². The van der Waals surface area contributed by atoms with Crippen LogP contribution in [0.3, 0.4) is 0 Å². The highest BCUT2D eigenvalue weighted by Crippen LogP contribution is 2.21. The van der Waals surface area contributed by atoms with Gasteiger partial charge in [0.2, 0.25) is 0 Å². The first-order valence-corrected chi connectivity index (χ1v) is 6.09. The van der Waals surface area contributed by atoms with Gasteiger partial charge >= 0.3 is 0 Å². The number of hydrogen-bond acceptors (Lipinski definition) is 4. The Morgan fingerprint density at radius 2 is 2.17 bits per heavy atom. The number of nitrogens with one attached hydrogen (secondary N) is 1. The van der Waals surface area contributed by atoms with Crippen LogP contribution in [0, 0.1) is 10.1 Å². The molecule has 0 aliphatic rings. The smallest absolute Gasteiger partial charge is 0.269 e. The predicted molar refractivity (Wildman–Crippen MR) is 73.0 cm³/mol. The van der Waals surface area contributed by atoms with Crippen molar-refractivity contribution in [2.45, 2.75) is 19.5 Å². The quantitative estimate of drug-likeness (QED) is 0.637. The molecule has 5 nitrogen and oxygen atoms in total. The fraction of sp³-hybridized carbons (Fsp3) is 0.500. The van der Waals surface area contributed by atoms with Gasteiger partial charge in [0.1, 0.15) is 0 Å². The van der Waals surface area contributed by atoms with Crippen molar-refractivity contribution in [2.75, 3.05) is 20.6 Å². The molecule has 1 atom stereocenters. The number of nitrogens with zero attached hydrogens (tertiary/aromatic N) is 2. The number of rotatable bonds is 6. The summed E-state index contributed by atoms with van der Waals surface area (Å²) in [5, 5.41) is 14.5. The van der Waals surface area contributed by atoms with Crippen LogP contribution >= 0.6 is 11.6 Å². The van der Waals surface area contributed by atoms with Crippen LogP contribution in [0.5, 0.6) is 0 Å². The lowest BCUT2D eigenvalue weighted by molar-refractivity contribution is -0.384. The standard InChI is InChI=1S/C12H18ClN3O2/c1-9(8-15(2)3)14-7-10-6-11(16(17)18)4-5-12(10)13/h4-6,9,14H,7-8H2,1-3H3. The number of benzene rings is 1. The van der Waals surface area contributed by atoms with E-state index in [9.17, 15) is 10.1 Å². The Morgan fingerprint density at radius 1 is 1.50 bits per heavy atom. The van der Waals surface area contributed by atoms with E-state index in [4.69, 9.17) is 11.6 Å². The van der Waals surface area contributed by atoms with Gasteiger partial charge in [-0.25, -0.2) is 0 Å². The van der Waals surface area contributed by atoms with Crippen molar-refractivity contribution in [3.8, 4) is 0 Å². The second kappa shape index (κ2) is 6.68. The topological polar surface area (TPSA) is 58.4 Å². The summed E-state index contributed by atoms with van der Waals surface area (Å²) in [5.74, 6) is 0. The Bertz CT molecular complexity index is 424. The summed E-state index contributed by atoms with van der Waals surface area (Å²) >= 11 is 6.02. The van der Waals surface area contributed by atoms with Gasteiger partial charge in [-0.05, 0) is 32.6 Å². The molecule has 1 N–H and O–H groups in total. The van der Waals surface area contributed by atoms with Gasteiger partial charge in [0.25, 0.3) is 5.69 Å². The lowest BCUT2D eigenvalue weighted by atomic mass is 10.2. The number of likely N-dealkylation sites (N-methyl/N-ethyl adjacent to an activating group) is 1. The van der Waals surface area contributed by atoms with Crippen LogP contribution in [0.2, 0.25) is 5.02 Å². The normalized spacial score (nSPS) is 12.7. The highest BCUT2D eigenvalue weighted by molar-refractivity contribution is 6.31. The summed E-state index contributed by atoms with van der Waals surface area (Å²) in [6.45, 7) is 3.48. The van der Waals surface area contributed by atoms with E-state index in [2.05, 4.69) is 17.1 Å². The van der Waals surface area contributed by atoms with E-state index in [-0.39, 0.29) is 11.7 Å². The maximum atomic E-state index is 10.7. The van der Waals surface area contributed by atoms with Gasteiger partial charge in [0, 0.05) is 36.3 Å². The third kappa shape index (κ3) is 4.60. The molecule has 0 aromatic heterocycles. The molecule has 0 aliphatic heterocycles. The fourth-order valence-corrected chi connectivity index (χ4v) is 1.89. The second-order valence-corrected chi connectivity index (χ2v) is 4.98. The molecule has 0 saturated carbocycles. The molecule has 1 aromatic rings. The SMILES string of the molecule is CC(CN(C)C)NCc1cc([N+](=O)[O-])ccc1Cl. The van der Waals surface area contributed by atoms with E-state index >= 15 is 0 Å². The van der Waals surface area contributed by atoms with E-state index in [1.165, 1.54) is 12.1 Å². The van der Waals surface area contributed by atoms with E-state index < -0.39 is 4.92 Å².